The SMILES string of the molecule is CCOC(=O)Cn1c(=O)n(Cc2ccc(I)cc2F)c(=O)c2ccc(Cl)cc21. The molecule has 0 aliphatic heterocycles. The fourth-order valence-corrected chi connectivity index (χ4v) is 3.46. The highest BCUT2D eigenvalue weighted by Gasteiger charge is 2.17. The van der Waals surface area contributed by atoms with Crippen LogP contribution in [0, 0.1) is 9.39 Å². The molecule has 1 aromatic heterocycles. The molecule has 146 valence electrons. The number of hydrogen-bond acceptors (Lipinski definition) is 4. The van der Waals surface area contributed by atoms with Crippen LogP contribution in [-0.4, -0.2) is 21.7 Å². The number of nitrogens with zero attached hydrogens (tertiary/aromatic N) is 2. The number of aromatic nitrogens is 2. The van der Waals surface area contributed by atoms with Gasteiger partial charge in [0, 0.05) is 14.2 Å². The van der Waals surface area contributed by atoms with Crippen LogP contribution >= 0.6 is 34.2 Å². The van der Waals surface area contributed by atoms with E-state index in [0.717, 1.165) is 9.13 Å². The third-order valence-electron chi connectivity index (χ3n) is 4.12. The molecule has 0 bridgehead atoms. The lowest BCUT2D eigenvalue weighted by atomic mass is 10.2. The third kappa shape index (κ3) is 4.12. The van der Waals surface area contributed by atoms with Crippen LogP contribution < -0.4 is 11.2 Å². The molecule has 0 aliphatic carbocycles. The molecule has 3 aromatic rings. The van der Waals surface area contributed by atoms with Gasteiger partial charge in [-0.25, -0.2) is 9.18 Å². The summed E-state index contributed by atoms with van der Waals surface area (Å²) >= 11 is 7.98. The second-order valence-electron chi connectivity index (χ2n) is 5.96. The zero-order valence-corrected chi connectivity index (χ0v) is 17.7. The largest absolute Gasteiger partial charge is 0.465 e. The Labute approximate surface area is 177 Å². The molecule has 0 spiro atoms. The first-order valence-electron chi connectivity index (χ1n) is 8.34. The van der Waals surface area contributed by atoms with Gasteiger partial charge in [-0.2, -0.15) is 0 Å². The van der Waals surface area contributed by atoms with Gasteiger partial charge in [-0.3, -0.25) is 18.7 Å². The number of fused-ring (bicyclic) bond motifs is 1. The summed E-state index contributed by atoms with van der Waals surface area (Å²) in [6, 6.07) is 8.95. The van der Waals surface area contributed by atoms with Crippen LogP contribution in [0.25, 0.3) is 10.9 Å². The molecule has 2 aromatic carbocycles. The Morgan fingerprint density at radius 2 is 1.93 bits per heavy atom. The first-order valence-corrected chi connectivity index (χ1v) is 9.80. The fourth-order valence-electron chi connectivity index (χ4n) is 2.84. The van der Waals surface area contributed by atoms with Gasteiger partial charge in [-0.05, 0) is 59.8 Å². The fraction of sp³-hybridized carbons (Fsp3) is 0.211. The second-order valence-corrected chi connectivity index (χ2v) is 7.64. The molecule has 0 radical (unpaired) electrons. The van der Waals surface area contributed by atoms with Crippen LogP contribution in [0.2, 0.25) is 5.02 Å². The lowest BCUT2D eigenvalue weighted by Gasteiger charge is -2.14. The summed E-state index contributed by atoms with van der Waals surface area (Å²) in [4.78, 5) is 37.8. The molecule has 0 saturated carbocycles. The molecule has 0 fully saturated rings. The number of esters is 1. The Bertz CT molecular complexity index is 1190. The van der Waals surface area contributed by atoms with E-state index in [1.807, 2.05) is 22.6 Å². The molecule has 0 aliphatic rings. The number of halogens is 3. The third-order valence-corrected chi connectivity index (χ3v) is 5.03. The van der Waals surface area contributed by atoms with Gasteiger partial charge >= 0.3 is 11.7 Å². The van der Waals surface area contributed by atoms with Crippen LogP contribution in [0.15, 0.2) is 46.0 Å². The van der Waals surface area contributed by atoms with Crippen molar-refractivity contribution < 1.29 is 13.9 Å². The average molecular weight is 517 g/mol. The normalized spacial score (nSPS) is 11.0. The maximum absolute atomic E-state index is 14.3. The van der Waals surface area contributed by atoms with E-state index in [9.17, 15) is 18.8 Å². The van der Waals surface area contributed by atoms with Crippen molar-refractivity contribution in [2.45, 2.75) is 20.0 Å². The Hall–Kier alpha value is -2.20. The van der Waals surface area contributed by atoms with E-state index in [4.69, 9.17) is 16.3 Å². The first-order chi connectivity index (χ1) is 13.3. The van der Waals surface area contributed by atoms with Gasteiger partial charge in [-0.15, -0.1) is 0 Å². The molecule has 1 heterocycles. The number of rotatable bonds is 5. The summed E-state index contributed by atoms with van der Waals surface area (Å²) in [7, 11) is 0. The van der Waals surface area contributed by atoms with Crippen molar-refractivity contribution in [2.75, 3.05) is 6.61 Å². The predicted octanol–water partition coefficient (Wildman–Crippen LogP) is 3.17. The summed E-state index contributed by atoms with van der Waals surface area (Å²) in [6.45, 7) is 1.15. The van der Waals surface area contributed by atoms with Gasteiger partial charge in [0.25, 0.3) is 5.56 Å². The zero-order chi connectivity index (χ0) is 20.4. The van der Waals surface area contributed by atoms with E-state index in [1.165, 1.54) is 30.3 Å². The Kier molecular flexibility index (Phi) is 6.19. The molecule has 0 unspecified atom stereocenters. The molecule has 0 amide bonds. The maximum atomic E-state index is 14.3. The molecular formula is C19H15ClFIN2O4. The summed E-state index contributed by atoms with van der Waals surface area (Å²) in [5, 5.41) is 0.504. The summed E-state index contributed by atoms with van der Waals surface area (Å²) < 4.78 is 21.9. The van der Waals surface area contributed by atoms with Crippen LogP contribution in [-0.2, 0) is 22.6 Å². The van der Waals surface area contributed by atoms with E-state index >= 15 is 0 Å². The van der Waals surface area contributed by atoms with Crippen molar-refractivity contribution in [1.29, 1.82) is 0 Å². The Morgan fingerprint density at radius 3 is 2.61 bits per heavy atom. The van der Waals surface area contributed by atoms with Crippen molar-refractivity contribution in [3.63, 3.8) is 0 Å². The standard InChI is InChI=1S/C19H15ClFIN2O4/c1-2-28-17(25)10-23-16-7-12(20)4-6-14(16)18(26)24(19(23)27)9-11-3-5-13(22)8-15(11)21/h3-8H,2,9-10H2,1H3. The molecule has 0 N–H and O–H groups in total. The number of ether oxygens (including phenoxy) is 1. The molecule has 28 heavy (non-hydrogen) atoms. The van der Waals surface area contributed by atoms with Crippen molar-refractivity contribution in [3.8, 4) is 0 Å². The van der Waals surface area contributed by atoms with Crippen LogP contribution in [0.5, 0.6) is 0 Å². The number of benzene rings is 2. The van der Waals surface area contributed by atoms with Gasteiger partial charge in [0.05, 0.1) is 24.1 Å². The quantitative estimate of drug-likeness (QED) is 0.386. The topological polar surface area (TPSA) is 70.3 Å². The molecule has 0 saturated heterocycles. The minimum absolute atomic E-state index is 0.153. The van der Waals surface area contributed by atoms with E-state index in [1.54, 1.807) is 13.0 Å². The highest BCUT2D eigenvalue weighted by molar-refractivity contribution is 14.1. The van der Waals surface area contributed by atoms with Crippen molar-refractivity contribution in [2.24, 2.45) is 0 Å². The number of hydrogen-bond donors (Lipinski definition) is 0. The van der Waals surface area contributed by atoms with E-state index in [0.29, 0.717) is 8.59 Å². The van der Waals surface area contributed by atoms with E-state index < -0.39 is 23.0 Å². The molecule has 9 heteroatoms. The first kappa shape index (κ1) is 20.5. The van der Waals surface area contributed by atoms with E-state index in [-0.39, 0.29) is 36.2 Å². The number of carbonyl (C=O) groups is 1. The minimum atomic E-state index is -0.745. The predicted molar refractivity (Wildman–Crippen MR) is 112 cm³/mol. The molecule has 3 rings (SSSR count). The number of carbonyl (C=O) groups excluding carboxylic acids is 1. The second kappa shape index (κ2) is 8.44. The Balaban J connectivity index is 2.22. The van der Waals surface area contributed by atoms with Crippen LogP contribution in [0.1, 0.15) is 12.5 Å². The lowest BCUT2D eigenvalue weighted by molar-refractivity contribution is -0.143. The molecule has 6 nitrogen and oxygen atoms in total. The van der Waals surface area contributed by atoms with Gasteiger partial charge in [0.1, 0.15) is 12.4 Å². The van der Waals surface area contributed by atoms with Crippen LogP contribution in [0.4, 0.5) is 4.39 Å². The van der Waals surface area contributed by atoms with Gasteiger partial charge in [-0.1, -0.05) is 17.7 Å². The minimum Gasteiger partial charge on any atom is -0.465 e. The average Bonchev–Trinajstić information content (AvgIpc) is 2.64. The monoisotopic (exact) mass is 516 g/mol. The maximum Gasteiger partial charge on any atom is 0.332 e. The smallest absolute Gasteiger partial charge is 0.332 e. The van der Waals surface area contributed by atoms with Gasteiger partial charge in [0.2, 0.25) is 0 Å². The summed E-state index contributed by atoms with van der Waals surface area (Å²) in [5.41, 5.74) is -0.925. The van der Waals surface area contributed by atoms with Crippen molar-refractivity contribution >= 4 is 51.1 Å². The van der Waals surface area contributed by atoms with Gasteiger partial charge in [0.15, 0.2) is 0 Å². The highest BCUT2D eigenvalue weighted by atomic mass is 127. The van der Waals surface area contributed by atoms with E-state index in [2.05, 4.69) is 0 Å². The summed E-state index contributed by atoms with van der Waals surface area (Å²) in [5.74, 6) is -1.15. The summed E-state index contributed by atoms with van der Waals surface area (Å²) in [6.07, 6.45) is 0. The highest BCUT2D eigenvalue weighted by Crippen LogP contribution is 2.17. The molecular weight excluding hydrogens is 502 g/mol. The van der Waals surface area contributed by atoms with Crippen molar-refractivity contribution in [3.05, 3.63) is 77.2 Å². The molecule has 0 atom stereocenters. The zero-order valence-electron chi connectivity index (χ0n) is 14.7. The van der Waals surface area contributed by atoms with Crippen LogP contribution in [0.3, 0.4) is 0 Å². The lowest BCUT2D eigenvalue weighted by Crippen LogP contribution is -2.41. The Morgan fingerprint density at radius 1 is 1.18 bits per heavy atom. The van der Waals surface area contributed by atoms with Gasteiger partial charge < -0.3 is 4.74 Å². The van der Waals surface area contributed by atoms with Crippen molar-refractivity contribution in [1.82, 2.24) is 9.13 Å².